The van der Waals surface area contributed by atoms with Crippen LogP contribution >= 0.6 is 11.8 Å². The minimum Gasteiger partial charge on any atom is -0.397 e. The molecule has 3 N–H and O–H groups in total. The Bertz CT molecular complexity index is 634. The number of nitrogens with zero attached hydrogens (tertiary/aromatic N) is 2. The van der Waals surface area contributed by atoms with E-state index in [0.29, 0.717) is 23.2 Å². The fourth-order valence-electron chi connectivity index (χ4n) is 2.38. The highest BCUT2D eigenvalue weighted by Crippen LogP contribution is 2.25. The van der Waals surface area contributed by atoms with Crippen LogP contribution in [0, 0.1) is 0 Å². The summed E-state index contributed by atoms with van der Waals surface area (Å²) < 4.78 is 1.63. The van der Waals surface area contributed by atoms with Gasteiger partial charge in [-0.1, -0.05) is 12.1 Å². The van der Waals surface area contributed by atoms with E-state index in [4.69, 9.17) is 5.73 Å². The molecule has 2 aromatic rings. The molecule has 21 heavy (non-hydrogen) atoms. The topological polar surface area (TPSA) is 72.9 Å². The molecule has 1 fully saturated rings. The van der Waals surface area contributed by atoms with Crippen LogP contribution in [0.2, 0.25) is 0 Å². The van der Waals surface area contributed by atoms with Crippen molar-refractivity contribution in [3.8, 4) is 5.69 Å². The molecule has 1 amide bonds. The van der Waals surface area contributed by atoms with Crippen LogP contribution in [0.4, 0.5) is 5.69 Å². The molecule has 1 aromatic heterocycles. The lowest BCUT2D eigenvalue weighted by Gasteiger charge is -2.09. The predicted molar refractivity (Wildman–Crippen MR) is 85.8 cm³/mol. The average Bonchev–Trinajstić information content (AvgIpc) is 3.17. The van der Waals surface area contributed by atoms with Gasteiger partial charge in [0.15, 0.2) is 5.69 Å². The number of para-hydroxylation sites is 2. The molecule has 0 spiro atoms. The zero-order chi connectivity index (χ0) is 14.7. The summed E-state index contributed by atoms with van der Waals surface area (Å²) in [6.45, 7) is 0.712. The average molecular weight is 302 g/mol. The van der Waals surface area contributed by atoms with Gasteiger partial charge < -0.3 is 11.1 Å². The zero-order valence-electron chi connectivity index (χ0n) is 11.7. The molecule has 1 atom stereocenters. The molecule has 1 unspecified atom stereocenters. The quantitative estimate of drug-likeness (QED) is 0.848. The zero-order valence-corrected chi connectivity index (χ0v) is 12.5. The summed E-state index contributed by atoms with van der Waals surface area (Å²) >= 11 is 1.93. The number of carbonyl (C=O) groups excluding carboxylic acids is 1. The van der Waals surface area contributed by atoms with Crippen molar-refractivity contribution in [2.75, 3.05) is 18.0 Å². The molecule has 0 bridgehead atoms. The second-order valence-electron chi connectivity index (χ2n) is 5.05. The first-order valence-corrected chi connectivity index (χ1v) is 8.09. The van der Waals surface area contributed by atoms with E-state index in [1.807, 2.05) is 36.0 Å². The number of benzene rings is 1. The van der Waals surface area contributed by atoms with Gasteiger partial charge in [0.05, 0.1) is 11.4 Å². The predicted octanol–water partition coefficient (Wildman–Crippen LogP) is 2.08. The lowest BCUT2D eigenvalue weighted by atomic mass is 10.2. The molecule has 2 heterocycles. The third-order valence-corrected chi connectivity index (χ3v) is 4.92. The van der Waals surface area contributed by atoms with E-state index < -0.39 is 0 Å². The largest absolute Gasteiger partial charge is 0.397 e. The van der Waals surface area contributed by atoms with Crippen molar-refractivity contribution in [1.82, 2.24) is 15.1 Å². The van der Waals surface area contributed by atoms with Crippen LogP contribution in [-0.4, -0.2) is 33.2 Å². The Hall–Kier alpha value is -1.95. The number of amides is 1. The van der Waals surface area contributed by atoms with Gasteiger partial charge >= 0.3 is 0 Å². The first-order chi connectivity index (χ1) is 10.2. The lowest BCUT2D eigenvalue weighted by molar-refractivity contribution is 0.0948. The highest BCUT2D eigenvalue weighted by molar-refractivity contribution is 8.00. The summed E-state index contributed by atoms with van der Waals surface area (Å²) in [5.74, 6) is 1.07. The Morgan fingerprint density at radius 3 is 3.05 bits per heavy atom. The highest BCUT2D eigenvalue weighted by atomic mass is 32.2. The van der Waals surface area contributed by atoms with Crippen molar-refractivity contribution in [3.63, 3.8) is 0 Å². The second kappa shape index (κ2) is 6.22. The maximum absolute atomic E-state index is 12.1. The SMILES string of the molecule is Nc1ccccc1-n1ccc(C(=O)NCC2CCCS2)n1. The Balaban J connectivity index is 1.66. The van der Waals surface area contributed by atoms with Crippen LogP contribution < -0.4 is 11.1 Å². The maximum Gasteiger partial charge on any atom is 0.271 e. The smallest absolute Gasteiger partial charge is 0.271 e. The van der Waals surface area contributed by atoms with E-state index in [1.165, 1.54) is 18.6 Å². The summed E-state index contributed by atoms with van der Waals surface area (Å²) in [4.78, 5) is 12.1. The molecule has 0 aliphatic carbocycles. The molecular formula is C15H18N4OS. The van der Waals surface area contributed by atoms with E-state index in [2.05, 4.69) is 10.4 Å². The van der Waals surface area contributed by atoms with Crippen LogP contribution in [0.25, 0.3) is 5.69 Å². The number of rotatable bonds is 4. The van der Waals surface area contributed by atoms with Gasteiger partial charge in [0.25, 0.3) is 5.91 Å². The van der Waals surface area contributed by atoms with Gasteiger partial charge in [-0.05, 0) is 36.8 Å². The molecule has 1 aliphatic rings. The lowest BCUT2D eigenvalue weighted by Crippen LogP contribution is -2.30. The van der Waals surface area contributed by atoms with Gasteiger partial charge in [0.1, 0.15) is 0 Å². The molecule has 110 valence electrons. The van der Waals surface area contributed by atoms with Crippen molar-refractivity contribution >= 4 is 23.4 Å². The maximum atomic E-state index is 12.1. The number of carbonyl (C=O) groups is 1. The Morgan fingerprint density at radius 1 is 1.43 bits per heavy atom. The summed E-state index contributed by atoms with van der Waals surface area (Å²) in [7, 11) is 0. The van der Waals surface area contributed by atoms with E-state index >= 15 is 0 Å². The second-order valence-corrected chi connectivity index (χ2v) is 6.46. The van der Waals surface area contributed by atoms with E-state index in [-0.39, 0.29) is 5.91 Å². The van der Waals surface area contributed by atoms with Crippen molar-refractivity contribution in [2.45, 2.75) is 18.1 Å². The molecule has 1 aliphatic heterocycles. The molecule has 0 saturated carbocycles. The summed E-state index contributed by atoms with van der Waals surface area (Å²) in [6.07, 6.45) is 4.18. The van der Waals surface area contributed by atoms with Gasteiger partial charge in [-0.15, -0.1) is 0 Å². The fraction of sp³-hybridized carbons (Fsp3) is 0.333. The molecule has 3 rings (SSSR count). The van der Waals surface area contributed by atoms with Crippen LogP contribution in [0.5, 0.6) is 0 Å². The van der Waals surface area contributed by atoms with Crippen molar-refractivity contribution in [3.05, 3.63) is 42.2 Å². The number of hydrogen-bond acceptors (Lipinski definition) is 4. The standard InChI is InChI=1S/C15H18N4OS/c16-12-5-1-2-6-14(12)19-8-7-13(18-19)15(20)17-10-11-4-3-9-21-11/h1-2,5-8,11H,3-4,9-10,16H2,(H,17,20). The van der Waals surface area contributed by atoms with Crippen LogP contribution in [0.3, 0.4) is 0 Å². The summed E-state index contributed by atoms with van der Waals surface area (Å²) in [5, 5.41) is 7.80. The molecular weight excluding hydrogens is 284 g/mol. The normalized spacial score (nSPS) is 17.8. The number of nitrogens with two attached hydrogens (primary N) is 1. The van der Waals surface area contributed by atoms with Gasteiger partial charge in [-0.2, -0.15) is 16.9 Å². The Kier molecular flexibility index (Phi) is 4.15. The number of nitrogen functional groups attached to an aromatic ring is 1. The minimum atomic E-state index is -0.129. The van der Waals surface area contributed by atoms with E-state index in [9.17, 15) is 4.79 Å². The first kappa shape index (κ1) is 14.0. The van der Waals surface area contributed by atoms with Gasteiger partial charge in [0, 0.05) is 18.0 Å². The van der Waals surface area contributed by atoms with Gasteiger partial charge in [-0.3, -0.25) is 4.79 Å². The number of anilines is 1. The Labute approximate surface area is 127 Å². The minimum absolute atomic E-state index is 0.129. The van der Waals surface area contributed by atoms with Crippen molar-refractivity contribution < 1.29 is 4.79 Å². The number of hydrogen-bond donors (Lipinski definition) is 2. The Morgan fingerprint density at radius 2 is 2.29 bits per heavy atom. The van der Waals surface area contributed by atoms with Gasteiger partial charge in [0.2, 0.25) is 0 Å². The third-order valence-electron chi connectivity index (χ3n) is 3.52. The molecule has 0 radical (unpaired) electrons. The fourth-order valence-corrected chi connectivity index (χ4v) is 3.58. The third kappa shape index (κ3) is 3.21. The number of thioether (sulfide) groups is 1. The van der Waals surface area contributed by atoms with E-state index in [1.54, 1.807) is 16.9 Å². The number of aromatic nitrogens is 2. The molecule has 1 saturated heterocycles. The summed E-state index contributed by atoms with van der Waals surface area (Å²) in [5.41, 5.74) is 7.75. The summed E-state index contributed by atoms with van der Waals surface area (Å²) in [6, 6.07) is 9.16. The van der Waals surface area contributed by atoms with Gasteiger partial charge in [-0.25, -0.2) is 4.68 Å². The molecule has 5 nitrogen and oxygen atoms in total. The van der Waals surface area contributed by atoms with Crippen molar-refractivity contribution in [2.24, 2.45) is 0 Å². The number of nitrogens with one attached hydrogen (secondary N) is 1. The van der Waals surface area contributed by atoms with Crippen molar-refractivity contribution in [1.29, 1.82) is 0 Å². The monoisotopic (exact) mass is 302 g/mol. The van der Waals surface area contributed by atoms with Crippen LogP contribution in [0.1, 0.15) is 23.3 Å². The highest BCUT2D eigenvalue weighted by Gasteiger charge is 2.17. The van der Waals surface area contributed by atoms with Crippen LogP contribution in [0.15, 0.2) is 36.5 Å². The van der Waals surface area contributed by atoms with Crippen LogP contribution in [-0.2, 0) is 0 Å². The first-order valence-electron chi connectivity index (χ1n) is 7.04. The molecule has 1 aromatic carbocycles. The molecule has 6 heteroatoms. The van der Waals surface area contributed by atoms with E-state index in [0.717, 1.165) is 5.69 Å².